The van der Waals surface area contributed by atoms with E-state index in [0.29, 0.717) is 6.42 Å². The first-order chi connectivity index (χ1) is 8.38. The molecule has 2 rings (SSSR count). The summed E-state index contributed by atoms with van der Waals surface area (Å²) in [7, 11) is -2.93. The number of nitrogens with two attached hydrogens (primary N) is 1. The van der Waals surface area contributed by atoms with Crippen molar-refractivity contribution in [2.45, 2.75) is 37.0 Å². The van der Waals surface area contributed by atoms with Gasteiger partial charge in [0, 0.05) is 17.2 Å². The Bertz CT molecular complexity index is 512. The lowest BCUT2D eigenvalue weighted by molar-refractivity contribution is 0.311. The Morgan fingerprint density at radius 3 is 2.72 bits per heavy atom. The maximum absolute atomic E-state index is 11.6. The Hall–Kier alpha value is 0.0900. The van der Waals surface area contributed by atoms with Crippen LogP contribution in [-0.2, 0) is 9.84 Å². The molecular weight excluding hydrogens is 334 g/mol. The van der Waals surface area contributed by atoms with Crippen LogP contribution in [0.3, 0.4) is 0 Å². The van der Waals surface area contributed by atoms with E-state index in [0.717, 1.165) is 27.9 Å². The van der Waals surface area contributed by atoms with Crippen molar-refractivity contribution in [2.75, 3.05) is 6.26 Å². The molecule has 6 heteroatoms. The van der Waals surface area contributed by atoms with Crippen molar-refractivity contribution in [3.8, 4) is 0 Å². The van der Waals surface area contributed by atoms with Gasteiger partial charge in [-0.2, -0.15) is 0 Å². The number of thiophene rings is 1. The molecule has 0 amide bonds. The molecule has 0 radical (unpaired) electrons. The fourth-order valence-corrected chi connectivity index (χ4v) is 5.35. The van der Waals surface area contributed by atoms with Gasteiger partial charge in [-0.1, -0.05) is 6.42 Å². The van der Waals surface area contributed by atoms with E-state index < -0.39 is 9.84 Å². The lowest BCUT2D eigenvalue weighted by Crippen LogP contribution is -2.32. The molecule has 0 bridgehead atoms. The van der Waals surface area contributed by atoms with Gasteiger partial charge >= 0.3 is 0 Å². The van der Waals surface area contributed by atoms with Gasteiger partial charge in [-0.05, 0) is 53.2 Å². The van der Waals surface area contributed by atoms with Crippen LogP contribution in [0.15, 0.2) is 15.9 Å². The maximum atomic E-state index is 11.6. The zero-order chi connectivity index (χ0) is 13.3. The van der Waals surface area contributed by atoms with Gasteiger partial charge in [-0.25, -0.2) is 8.42 Å². The van der Waals surface area contributed by atoms with Gasteiger partial charge in [-0.15, -0.1) is 11.3 Å². The fourth-order valence-electron chi connectivity index (χ4n) is 2.64. The quantitative estimate of drug-likeness (QED) is 0.909. The van der Waals surface area contributed by atoms with Crippen LogP contribution in [0.25, 0.3) is 0 Å². The van der Waals surface area contributed by atoms with Gasteiger partial charge in [0.15, 0.2) is 0 Å². The Kier molecular flexibility index (Phi) is 4.52. The van der Waals surface area contributed by atoms with Crippen molar-refractivity contribution in [2.24, 2.45) is 11.7 Å². The molecule has 3 nitrogen and oxygen atoms in total. The van der Waals surface area contributed by atoms with E-state index in [1.54, 1.807) is 11.3 Å². The van der Waals surface area contributed by atoms with E-state index in [1.807, 2.05) is 12.1 Å². The number of hydrogen-bond acceptors (Lipinski definition) is 4. The van der Waals surface area contributed by atoms with E-state index in [9.17, 15) is 8.42 Å². The molecular formula is C12H18BrNO2S2. The summed E-state index contributed by atoms with van der Waals surface area (Å²) in [4.78, 5) is 1.14. The minimum absolute atomic E-state index is 0.0363. The van der Waals surface area contributed by atoms with Crippen LogP contribution in [0.4, 0.5) is 0 Å². The van der Waals surface area contributed by atoms with Crippen molar-refractivity contribution in [1.82, 2.24) is 0 Å². The molecule has 102 valence electrons. The zero-order valence-electron chi connectivity index (χ0n) is 10.3. The fraction of sp³-hybridized carbons (Fsp3) is 0.667. The van der Waals surface area contributed by atoms with Gasteiger partial charge in [0.2, 0.25) is 0 Å². The minimum Gasteiger partial charge on any atom is -0.323 e. The van der Waals surface area contributed by atoms with Crippen LogP contribution in [0.2, 0.25) is 0 Å². The summed E-state index contributed by atoms with van der Waals surface area (Å²) in [6, 6.07) is 3.99. The SMILES string of the molecule is CS(=O)(=O)C1CCCC(C(N)c2ccc(Br)s2)C1. The zero-order valence-corrected chi connectivity index (χ0v) is 13.5. The Labute approximate surface area is 121 Å². The highest BCUT2D eigenvalue weighted by molar-refractivity contribution is 9.11. The van der Waals surface area contributed by atoms with Crippen molar-refractivity contribution < 1.29 is 8.42 Å². The molecule has 3 atom stereocenters. The standard InChI is InChI=1S/C12H18BrNO2S2/c1-18(15,16)9-4-2-3-8(7-9)12(14)10-5-6-11(13)17-10/h5-6,8-9,12H,2-4,7,14H2,1H3. The van der Waals surface area contributed by atoms with Crippen LogP contribution < -0.4 is 5.73 Å². The number of hydrogen-bond donors (Lipinski definition) is 1. The molecule has 3 unspecified atom stereocenters. The second-order valence-electron chi connectivity index (χ2n) is 5.05. The second-order valence-corrected chi connectivity index (χ2v) is 9.87. The van der Waals surface area contributed by atoms with Gasteiger partial charge in [-0.3, -0.25) is 0 Å². The molecule has 1 fully saturated rings. The van der Waals surface area contributed by atoms with Crippen molar-refractivity contribution in [3.63, 3.8) is 0 Å². The number of halogens is 1. The monoisotopic (exact) mass is 351 g/mol. The first-order valence-electron chi connectivity index (χ1n) is 6.07. The van der Waals surface area contributed by atoms with E-state index in [2.05, 4.69) is 15.9 Å². The highest BCUT2D eigenvalue weighted by Gasteiger charge is 2.32. The predicted molar refractivity (Wildman–Crippen MR) is 79.5 cm³/mol. The van der Waals surface area contributed by atoms with Gasteiger partial charge in [0.25, 0.3) is 0 Å². The summed E-state index contributed by atoms with van der Waals surface area (Å²) in [6.45, 7) is 0. The predicted octanol–water partition coefficient (Wildman–Crippen LogP) is 3.11. The molecule has 1 heterocycles. The molecule has 0 aliphatic heterocycles. The number of sulfone groups is 1. The summed E-state index contributed by atoms with van der Waals surface area (Å²) in [5.74, 6) is 0.282. The molecule has 0 spiro atoms. The van der Waals surface area contributed by atoms with Crippen molar-refractivity contribution >= 4 is 37.1 Å². The average molecular weight is 352 g/mol. The van der Waals surface area contributed by atoms with Crippen LogP contribution in [0.5, 0.6) is 0 Å². The van der Waals surface area contributed by atoms with Crippen LogP contribution in [0, 0.1) is 5.92 Å². The maximum Gasteiger partial charge on any atom is 0.150 e. The smallest absolute Gasteiger partial charge is 0.150 e. The average Bonchev–Trinajstić information content (AvgIpc) is 2.74. The van der Waals surface area contributed by atoms with E-state index >= 15 is 0 Å². The Morgan fingerprint density at radius 2 is 2.17 bits per heavy atom. The summed E-state index contributed by atoms with van der Waals surface area (Å²) in [5.41, 5.74) is 6.28. The van der Waals surface area contributed by atoms with Crippen LogP contribution in [-0.4, -0.2) is 19.9 Å². The normalized spacial score (nSPS) is 27.1. The highest BCUT2D eigenvalue weighted by atomic mass is 79.9. The molecule has 0 saturated heterocycles. The lowest BCUT2D eigenvalue weighted by Gasteiger charge is -2.31. The van der Waals surface area contributed by atoms with Crippen molar-refractivity contribution in [3.05, 3.63) is 20.8 Å². The molecule has 2 N–H and O–H groups in total. The van der Waals surface area contributed by atoms with E-state index in [4.69, 9.17) is 5.73 Å². The highest BCUT2D eigenvalue weighted by Crippen LogP contribution is 2.38. The molecule has 1 aliphatic carbocycles. The first kappa shape index (κ1) is 14.5. The second kappa shape index (κ2) is 5.61. The van der Waals surface area contributed by atoms with E-state index in [-0.39, 0.29) is 17.2 Å². The molecule has 18 heavy (non-hydrogen) atoms. The summed E-state index contributed by atoms with van der Waals surface area (Å²) in [5, 5.41) is -0.203. The molecule has 1 aliphatic rings. The topological polar surface area (TPSA) is 60.2 Å². The largest absolute Gasteiger partial charge is 0.323 e. The minimum atomic E-state index is -2.93. The van der Waals surface area contributed by atoms with Crippen LogP contribution >= 0.6 is 27.3 Å². The Balaban J connectivity index is 2.09. The Morgan fingerprint density at radius 1 is 1.44 bits per heavy atom. The molecule has 0 aromatic carbocycles. The summed E-state index contributed by atoms with van der Waals surface area (Å²) >= 11 is 5.08. The third kappa shape index (κ3) is 3.35. The lowest BCUT2D eigenvalue weighted by atomic mass is 9.83. The third-order valence-electron chi connectivity index (χ3n) is 3.70. The van der Waals surface area contributed by atoms with Gasteiger partial charge < -0.3 is 5.73 Å². The van der Waals surface area contributed by atoms with Gasteiger partial charge in [0.05, 0.1) is 9.04 Å². The van der Waals surface area contributed by atoms with Crippen molar-refractivity contribution in [1.29, 1.82) is 0 Å². The summed E-state index contributed by atoms with van der Waals surface area (Å²) in [6.07, 6.45) is 4.82. The summed E-state index contributed by atoms with van der Waals surface area (Å²) < 4.78 is 24.4. The van der Waals surface area contributed by atoms with Gasteiger partial charge in [0.1, 0.15) is 9.84 Å². The van der Waals surface area contributed by atoms with E-state index in [1.165, 1.54) is 6.26 Å². The molecule has 1 aromatic rings. The van der Waals surface area contributed by atoms with Crippen LogP contribution in [0.1, 0.15) is 36.6 Å². The molecule has 1 aromatic heterocycles. The third-order valence-corrected chi connectivity index (χ3v) is 7.07. The first-order valence-corrected chi connectivity index (χ1v) is 9.64. The number of rotatable bonds is 3. The molecule has 1 saturated carbocycles.